The first kappa shape index (κ1) is 17.7. The fraction of sp³-hybridized carbons (Fsp3) is 0.800. The van der Waals surface area contributed by atoms with Crippen LogP contribution in [0.1, 0.15) is 59.2 Å². The van der Waals surface area contributed by atoms with E-state index in [9.17, 15) is 0 Å². The van der Waals surface area contributed by atoms with Gasteiger partial charge in [-0.2, -0.15) is 5.10 Å². The lowest BCUT2D eigenvalue weighted by Gasteiger charge is -2.37. The van der Waals surface area contributed by atoms with Crippen LogP contribution in [0.2, 0.25) is 0 Å². The van der Waals surface area contributed by atoms with Gasteiger partial charge in [0.05, 0.1) is 28.0 Å². The van der Waals surface area contributed by atoms with Crippen LogP contribution in [0.5, 0.6) is 0 Å². The molecular formula is C15H28BrN3O. The highest BCUT2D eigenvalue weighted by Crippen LogP contribution is 2.35. The number of hydrogen-bond acceptors (Lipinski definition) is 3. The zero-order chi connectivity index (χ0) is 15.2. The molecule has 5 heteroatoms. The van der Waals surface area contributed by atoms with E-state index in [-0.39, 0.29) is 11.6 Å². The van der Waals surface area contributed by atoms with Gasteiger partial charge in [-0.1, -0.05) is 20.8 Å². The third kappa shape index (κ3) is 3.83. The Morgan fingerprint density at radius 1 is 1.40 bits per heavy atom. The molecule has 0 aliphatic heterocycles. The molecule has 1 rings (SSSR count). The Morgan fingerprint density at radius 2 is 2.10 bits per heavy atom. The topological polar surface area (TPSA) is 39.1 Å². The van der Waals surface area contributed by atoms with Crippen molar-refractivity contribution in [2.75, 3.05) is 13.2 Å². The summed E-state index contributed by atoms with van der Waals surface area (Å²) in [4.78, 5) is 0. The number of nitrogens with zero attached hydrogens (tertiary/aromatic N) is 2. The largest absolute Gasteiger partial charge is 0.374 e. The Bertz CT molecular complexity index is 408. The molecule has 4 nitrogen and oxygen atoms in total. The average Bonchev–Trinajstić information content (AvgIpc) is 2.78. The second kappa shape index (κ2) is 8.15. The molecule has 1 aromatic rings. The van der Waals surface area contributed by atoms with E-state index in [1.165, 1.54) is 5.69 Å². The van der Waals surface area contributed by atoms with Crippen molar-refractivity contribution in [3.63, 3.8) is 0 Å². The van der Waals surface area contributed by atoms with Crippen molar-refractivity contribution < 1.29 is 4.74 Å². The summed E-state index contributed by atoms with van der Waals surface area (Å²) in [5, 5.41) is 8.08. The molecule has 116 valence electrons. The van der Waals surface area contributed by atoms with Gasteiger partial charge in [0.2, 0.25) is 0 Å². The summed E-state index contributed by atoms with van der Waals surface area (Å²) in [6.07, 6.45) is 3.90. The van der Waals surface area contributed by atoms with E-state index < -0.39 is 0 Å². The van der Waals surface area contributed by atoms with E-state index in [4.69, 9.17) is 4.74 Å². The van der Waals surface area contributed by atoms with Gasteiger partial charge in [-0.15, -0.1) is 0 Å². The SMILES string of the molecule is CCCn1ncc(Br)c1C(NCC)C(C)(CC)OCC. The third-order valence-electron chi connectivity index (χ3n) is 3.74. The summed E-state index contributed by atoms with van der Waals surface area (Å²) in [5.74, 6) is 0. The molecule has 0 aromatic carbocycles. The summed E-state index contributed by atoms with van der Waals surface area (Å²) in [5.41, 5.74) is 0.949. The lowest BCUT2D eigenvalue weighted by Crippen LogP contribution is -2.44. The van der Waals surface area contributed by atoms with Gasteiger partial charge in [0.15, 0.2) is 0 Å². The average molecular weight is 346 g/mol. The molecule has 0 aliphatic rings. The van der Waals surface area contributed by atoms with Crippen molar-refractivity contribution in [3.8, 4) is 0 Å². The zero-order valence-electron chi connectivity index (χ0n) is 13.4. The Morgan fingerprint density at radius 3 is 2.60 bits per heavy atom. The minimum atomic E-state index is -0.237. The molecule has 0 fully saturated rings. The van der Waals surface area contributed by atoms with Gasteiger partial charge in [0, 0.05) is 13.2 Å². The Kier molecular flexibility index (Phi) is 7.20. The van der Waals surface area contributed by atoms with Crippen molar-refractivity contribution in [2.24, 2.45) is 0 Å². The van der Waals surface area contributed by atoms with Crippen LogP contribution in [0.15, 0.2) is 10.7 Å². The lowest BCUT2D eigenvalue weighted by molar-refractivity contribution is -0.0580. The van der Waals surface area contributed by atoms with Crippen LogP contribution in [0.4, 0.5) is 0 Å². The standard InChI is InChI=1S/C15H28BrN3O/c1-6-10-19-13(12(16)11-18-19)14(17-8-3)15(5,7-2)20-9-4/h11,14,17H,6-10H2,1-5H3. The number of aryl methyl sites for hydroxylation is 1. The van der Waals surface area contributed by atoms with Crippen molar-refractivity contribution >= 4 is 15.9 Å². The van der Waals surface area contributed by atoms with Crippen LogP contribution in [-0.2, 0) is 11.3 Å². The molecule has 0 amide bonds. The molecule has 0 bridgehead atoms. The Labute approximate surface area is 131 Å². The van der Waals surface area contributed by atoms with Gasteiger partial charge in [-0.05, 0) is 49.2 Å². The third-order valence-corrected chi connectivity index (χ3v) is 4.35. The molecule has 1 N–H and O–H groups in total. The van der Waals surface area contributed by atoms with Crippen LogP contribution < -0.4 is 5.32 Å². The smallest absolute Gasteiger partial charge is 0.0861 e. The molecule has 0 radical (unpaired) electrons. The monoisotopic (exact) mass is 345 g/mol. The van der Waals surface area contributed by atoms with Gasteiger partial charge in [0.25, 0.3) is 0 Å². The fourth-order valence-corrected chi connectivity index (χ4v) is 3.10. The van der Waals surface area contributed by atoms with Crippen molar-refractivity contribution in [1.82, 2.24) is 15.1 Å². The van der Waals surface area contributed by atoms with Gasteiger partial charge in [-0.3, -0.25) is 4.68 Å². The van der Waals surface area contributed by atoms with E-state index in [1.54, 1.807) is 0 Å². The van der Waals surface area contributed by atoms with Crippen LogP contribution in [0, 0.1) is 0 Å². The Hall–Kier alpha value is -0.390. The highest BCUT2D eigenvalue weighted by atomic mass is 79.9. The van der Waals surface area contributed by atoms with E-state index in [0.29, 0.717) is 6.61 Å². The quantitative estimate of drug-likeness (QED) is 0.737. The first-order chi connectivity index (χ1) is 9.53. The van der Waals surface area contributed by atoms with Gasteiger partial charge >= 0.3 is 0 Å². The molecule has 1 aromatic heterocycles. The van der Waals surface area contributed by atoms with E-state index in [2.05, 4.69) is 65.6 Å². The van der Waals surface area contributed by atoms with Crippen LogP contribution in [0.25, 0.3) is 0 Å². The zero-order valence-corrected chi connectivity index (χ0v) is 15.0. The van der Waals surface area contributed by atoms with E-state index in [1.807, 2.05) is 6.20 Å². The first-order valence-corrected chi connectivity index (χ1v) is 8.41. The minimum Gasteiger partial charge on any atom is -0.374 e. The number of ether oxygens (including phenoxy) is 1. The number of aromatic nitrogens is 2. The van der Waals surface area contributed by atoms with Gasteiger partial charge in [0.1, 0.15) is 0 Å². The summed E-state index contributed by atoms with van der Waals surface area (Å²) in [7, 11) is 0. The van der Waals surface area contributed by atoms with Gasteiger partial charge < -0.3 is 10.1 Å². The highest BCUT2D eigenvalue weighted by molar-refractivity contribution is 9.10. The molecule has 2 atom stereocenters. The van der Waals surface area contributed by atoms with Crippen molar-refractivity contribution in [3.05, 3.63) is 16.4 Å². The number of nitrogens with one attached hydrogen (secondary N) is 1. The molecule has 1 heterocycles. The maximum Gasteiger partial charge on any atom is 0.0861 e. The number of hydrogen-bond donors (Lipinski definition) is 1. The van der Waals surface area contributed by atoms with Crippen molar-refractivity contribution in [2.45, 2.75) is 65.6 Å². The second-order valence-corrected chi connectivity index (χ2v) is 6.05. The second-order valence-electron chi connectivity index (χ2n) is 5.19. The predicted molar refractivity (Wildman–Crippen MR) is 87.0 cm³/mol. The normalized spacial score (nSPS) is 16.1. The molecule has 0 spiro atoms. The van der Waals surface area contributed by atoms with E-state index in [0.717, 1.165) is 30.4 Å². The molecular weight excluding hydrogens is 318 g/mol. The van der Waals surface area contributed by atoms with Gasteiger partial charge in [-0.25, -0.2) is 0 Å². The number of rotatable bonds is 9. The molecule has 0 saturated heterocycles. The van der Waals surface area contributed by atoms with Crippen LogP contribution in [-0.4, -0.2) is 28.5 Å². The fourth-order valence-electron chi connectivity index (χ4n) is 2.57. The van der Waals surface area contributed by atoms with E-state index >= 15 is 0 Å². The number of halogens is 1. The summed E-state index contributed by atoms with van der Waals surface area (Å²) in [6, 6.07) is 0.126. The summed E-state index contributed by atoms with van der Waals surface area (Å²) in [6.45, 7) is 13.2. The predicted octanol–water partition coefficient (Wildman–Crippen LogP) is 3.91. The van der Waals surface area contributed by atoms with Crippen LogP contribution >= 0.6 is 15.9 Å². The maximum atomic E-state index is 6.08. The molecule has 20 heavy (non-hydrogen) atoms. The molecule has 2 unspecified atom stereocenters. The molecule has 0 saturated carbocycles. The highest BCUT2D eigenvalue weighted by Gasteiger charge is 2.37. The lowest BCUT2D eigenvalue weighted by atomic mass is 9.90. The summed E-state index contributed by atoms with van der Waals surface area (Å²) < 4.78 is 9.22. The minimum absolute atomic E-state index is 0.126. The Balaban J connectivity index is 3.21. The molecule has 0 aliphatic carbocycles. The van der Waals surface area contributed by atoms with Crippen LogP contribution in [0.3, 0.4) is 0 Å². The van der Waals surface area contributed by atoms with Crippen molar-refractivity contribution in [1.29, 1.82) is 0 Å². The number of likely N-dealkylation sites (N-methyl/N-ethyl adjacent to an activating group) is 1. The summed E-state index contributed by atoms with van der Waals surface area (Å²) >= 11 is 3.65. The maximum absolute atomic E-state index is 6.08. The first-order valence-electron chi connectivity index (χ1n) is 7.62.